The maximum atomic E-state index is 12.4. The number of benzene rings is 1. The predicted octanol–water partition coefficient (Wildman–Crippen LogP) is 2.45. The van der Waals surface area contributed by atoms with Crippen LogP contribution >= 0.6 is 0 Å². The van der Waals surface area contributed by atoms with Crippen LogP contribution in [0.1, 0.15) is 19.4 Å². The summed E-state index contributed by atoms with van der Waals surface area (Å²) in [6, 6.07) is 8.97. The van der Waals surface area contributed by atoms with Crippen LogP contribution in [0.4, 0.5) is 5.82 Å². The average molecular weight is 363 g/mol. The summed E-state index contributed by atoms with van der Waals surface area (Å²) >= 11 is 0. The number of sulfonamides is 1. The highest BCUT2D eigenvalue weighted by Crippen LogP contribution is 2.32. The van der Waals surface area contributed by atoms with E-state index in [1.54, 1.807) is 12.1 Å². The molecule has 0 radical (unpaired) electrons. The standard InChI is InChI=1S/C17H21N3O4S/c1-3-20(4-2)25(21,22)14-6-8-17(19-11-14)18-10-13-5-7-15-16(9-13)24-12-23-15/h5-9,11H,3-4,10,12H2,1-2H3,(H,18,19). The Bertz CT molecular complexity index is 833. The minimum atomic E-state index is -3.48. The smallest absolute Gasteiger partial charge is 0.244 e. The first-order valence-corrected chi connectivity index (χ1v) is 9.57. The van der Waals surface area contributed by atoms with Gasteiger partial charge in [0.05, 0.1) is 0 Å². The molecule has 0 atom stereocenters. The molecule has 134 valence electrons. The number of pyridine rings is 1. The number of aromatic nitrogens is 1. The van der Waals surface area contributed by atoms with Crippen molar-refractivity contribution < 1.29 is 17.9 Å². The van der Waals surface area contributed by atoms with Gasteiger partial charge < -0.3 is 14.8 Å². The Morgan fingerprint density at radius 3 is 2.56 bits per heavy atom. The Kier molecular flexibility index (Phi) is 5.10. The number of nitrogens with one attached hydrogen (secondary N) is 1. The lowest BCUT2D eigenvalue weighted by molar-refractivity contribution is 0.174. The summed E-state index contributed by atoms with van der Waals surface area (Å²) < 4.78 is 36.9. The van der Waals surface area contributed by atoms with Gasteiger partial charge in [-0.3, -0.25) is 0 Å². The second kappa shape index (κ2) is 7.28. The second-order valence-corrected chi connectivity index (χ2v) is 7.45. The third kappa shape index (κ3) is 3.69. The summed E-state index contributed by atoms with van der Waals surface area (Å²) in [7, 11) is -3.48. The van der Waals surface area contributed by atoms with Crippen molar-refractivity contribution >= 4 is 15.8 Å². The molecule has 1 aromatic carbocycles. The maximum Gasteiger partial charge on any atom is 0.244 e. The minimum absolute atomic E-state index is 0.199. The summed E-state index contributed by atoms with van der Waals surface area (Å²) in [4.78, 5) is 4.41. The van der Waals surface area contributed by atoms with E-state index < -0.39 is 10.0 Å². The lowest BCUT2D eigenvalue weighted by Gasteiger charge is -2.18. The summed E-state index contributed by atoms with van der Waals surface area (Å²) in [5.74, 6) is 2.08. The zero-order valence-electron chi connectivity index (χ0n) is 14.2. The van der Waals surface area contributed by atoms with Gasteiger partial charge in [0, 0.05) is 25.8 Å². The van der Waals surface area contributed by atoms with Crippen LogP contribution in [0, 0.1) is 0 Å². The van der Waals surface area contributed by atoms with Crippen molar-refractivity contribution in [2.45, 2.75) is 25.3 Å². The van der Waals surface area contributed by atoms with Gasteiger partial charge in [-0.1, -0.05) is 19.9 Å². The lowest BCUT2D eigenvalue weighted by Crippen LogP contribution is -2.30. The average Bonchev–Trinajstić information content (AvgIpc) is 3.09. The van der Waals surface area contributed by atoms with Gasteiger partial charge in [0.15, 0.2) is 11.5 Å². The van der Waals surface area contributed by atoms with E-state index in [9.17, 15) is 8.42 Å². The molecule has 3 rings (SSSR count). The molecular formula is C17H21N3O4S. The van der Waals surface area contributed by atoms with Crippen molar-refractivity contribution in [3.05, 3.63) is 42.1 Å². The van der Waals surface area contributed by atoms with Gasteiger partial charge in [0.1, 0.15) is 10.7 Å². The Morgan fingerprint density at radius 1 is 1.12 bits per heavy atom. The number of ether oxygens (including phenoxy) is 2. The van der Waals surface area contributed by atoms with Crippen molar-refractivity contribution in [2.75, 3.05) is 25.2 Å². The second-order valence-electron chi connectivity index (χ2n) is 5.51. The minimum Gasteiger partial charge on any atom is -0.454 e. The Labute approximate surface area is 147 Å². The maximum absolute atomic E-state index is 12.4. The quantitative estimate of drug-likeness (QED) is 0.814. The first-order valence-electron chi connectivity index (χ1n) is 8.13. The fourth-order valence-electron chi connectivity index (χ4n) is 2.59. The van der Waals surface area contributed by atoms with Gasteiger partial charge in [0.25, 0.3) is 0 Å². The van der Waals surface area contributed by atoms with E-state index in [0.717, 1.165) is 17.1 Å². The molecule has 0 saturated heterocycles. The van der Waals surface area contributed by atoms with E-state index in [1.165, 1.54) is 10.5 Å². The molecule has 2 heterocycles. The Balaban J connectivity index is 1.67. The molecule has 1 aliphatic heterocycles. The molecule has 0 aliphatic carbocycles. The molecule has 8 heteroatoms. The zero-order chi connectivity index (χ0) is 17.9. The molecule has 1 aliphatic rings. The van der Waals surface area contributed by atoms with Crippen LogP contribution in [0.15, 0.2) is 41.4 Å². The highest BCUT2D eigenvalue weighted by Gasteiger charge is 2.21. The SMILES string of the molecule is CCN(CC)S(=O)(=O)c1ccc(NCc2ccc3c(c2)OCO3)nc1. The fourth-order valence-corrected chi connectivity index (χ4v) is 4.00. The van der Waals surface area contributed by atoms with Crippen LogP contribution in [-0.4, -0.2) is 37.6 Å². The van der Waals surface area contributed by atoms with Crippen LogP contribution in [-0.2, 0) is 16.6 Å². The molecule has 7 nitrogen and oxygen atoms in total. The summed E-state index contributed by atoms with van der Waals surface area (Å²) in [5.41, 5.74) is 1.02. The van der Waals surface area contributed by atoms with Crippen molar-refractivity contribution in [1.82, 2.24) is 9.29 Å². The number of fused-ring (bicyclic) bond motifs is 1. The van der Waals surface area contributed by atoms with E-state index in [0.29, 0.717) is 25.5 Å². The highest BCUT2D eigenvalue weighted by atomic mass is 32.2. The molecule has 0 bridgehead atoms. The highest BCUT2D eigenvalue weighted by molar-refractivity contribution is 7.89. The number of nitrogens with zero attached hydrogens (tertiary/aromatic N) is 2. The largest absolute Gasteiger partial charge is 0.454 e. The monoisotopic (exact) mass is 363 g/mol. The van der Waals surface area contributed by atoms with E-state index in [2.05, 4.69) is 10.3 Å². The summed E-state index contributed by atoms with van der Waals surface area (Å²) in [6.07, 6.45) is 1.38. The van der Waals surface area contributed by atoms with Crippen LogP contribution in [0.2, 0.25) is 0 Å². The lowest BCUT2D eigenvalue weighted by atomic mass is 10.2. The molecule has 0 fully saturated rings. The molecule has 0 unspecified atom stereocenters. The normalized spacial score (nSPS) is 13.2. The molecule has 1 N–H and O–H groups in total. The van der Waals surface area contributed by atoms with Gasteiger partial charge in [-0.25, -0.2) is 13.4 Å². The molecule has 0 spiro atoms. The molecular weight excluding hydrogens is 342 g/mol. The van der Waals surface area contributed by atoms with Crippen LogP contribution in [0.5, 0.6) is 11.5 Å². The first-order chi connectivity index (χ1) is 12.0. The van der Waals surface area contributed by atoms with E-state index in [4.69, 9.17) is 9.47 Å². The van der Waals surface area contributed by atoms with Gasteiger partial charge in [-0.15, -0.1) is 0 Å². The van der Waals surface area contributed by atoms with Crippen molar-refractivity contribution in [2.24, 2.45) is 0 Å². The third-order valence-electron chi connectivity index (χ3n) is 3.99. The summed E-state index contributed by atoms with van der Waals surface area (Å²) in [6.45, 7) is 5.29. The van der Waals surface area contributed by atoms with Crippen LogP contribution in [0.3, 0.4) is 0 Å². The number of anilines is 1. The predicted molar refractivity (Wildman–Crippen MR) is 94.2 cm³/mol. The summed E-state index contributed by atoms with van der Waals surface area (Å²) in [5, 5.41) is 3.17. The number of hydrogen-bond donors (Lipinski definition) is 1. The fraction of sp³-hybridized carbons (Fsp3) is 0.353. The van der Waals surface area contributed by atoms with Crippen molar-refractivity contribution in [3.63, 3.8) is 0 Å². The van der Waals surface area contributed by atoms with E-state index in [-0.39, 0.29) is 11.7 Å². The molecule has 0 amide bonds. The Morgan fingerprint density at radius 2 is 1.88 bits per heavy atom. The number of hydrogen-bond acceptors (Lipinski definition) is 6. The van der Waals surface area contributed by atoms with E-state index >= 15 is 0 Å². The topological polar surface area (TPSA) is 80.8 Å². The van der Waals surface area contributed by atoms with Crippen LogP contribution < -0.4 is 14.8 Å². The zero-order valence-corrected chi connectivity index (χ0v) is 15.0. The molecule has 1 aromatic heterocycles. The van der Waals surface area contributed by atoms with Gasteiger partial charge in [-0.05, 0) is 29.8 Å². The third-order valence-corrected chi connectivity index (χ3v) is 6.02. The van der Waals surface area contributed by atoms with Gasteiger partial charge in [0.2, 0.25) is 16.8 Å². The van der Waals surface area contributed by atoms with Gasteiger partial charge >= 0.3 is 0 Å². The molecule has 25 heavy (non-hydrogen) atoms. The molecule has 2 aromatic rings. The number of rotatable bonds is 7. The molecule has 0 saturated carbocycles. The van der Waals surface area contributed by atoms with Crippen LogP contribution in [0.25, 0.3) is 0 Å². The van der Waals surface area contributed by atoms with Crippen molar-refractivity contribution in [1.29, 1.82) is 0 Å². The Hall–Kier alpha value is -2.32. The van der Waals surface area contributed by atoms with E-state index in [1.807, 2.05) is 32.0 Å². The first kappa shape index (κ1) is 17.5. The van der Waals surface area contributed by atoms with Crippen molar-refractivity contribution in [3.8, 4) is 11.5 Å². The van der Waals surface area contributed by atoms with Gasteiger partial charge in [-0.2, -0.15) is 4.31 Å².